The van der Waals surface area contributed by atoms with Crippen molar-refractivity contribution in [3.63, 3.8) is 0 Å². The molecule has 0 spiro atoms. The first-order valence-electron chi connectivity index (χ1n) is 3.80. The Morgan fingerprint density at radius 3 is 2.50 bits per heavy atom. The van der Waals surface area contributed by atoms with Crippen molar-refractivity contribution in [2.45, 2.75) is 11.6 Å². The van der Waals surface area contributed by atoms with Crippen molar-refractivity contribution in [2.24, 2.45) is 0 Å². The van der Waals surface area contributed by atoms with Gasteiger partial charge in [-0.2, -0.15) is 0 Å². The van der Waals surface area contributed by atoms with E-state index in [0.29, 0.717) is 10.9 Å². The molecule has 0 aliphatic rings. The highest BCUT2D eigenvalue weighted by Crippen LogP contribution is 2.16. The van der Waals surface area contributed by atoms with E-state index in [9.17, 15) is 9.90 Å². The number of hydrogen-bond acceptors (Lipinski definition) is 7. The molecule has 0 saturated carbocycles. The number of rotatable bonds is 4. The van der Waals surface area contributed by atoms with Crippen LogP contribution in [-0.4, -0.2) is 21.7 Å². The molecule has 0 bridgehead atoms. The van der Waals surface area contributed by atoms with Gasteiger partial charge in [-0.05, 0) is 6.42 Å². The van der Waals surface area contributed by atoms with Gasteiger partial charge in [0, 0.05) is 17.8 Å². The second-order valence-electron chi connectivity index (χ2n) is 2.47. The molecular formula is C7H9N4O2S-. The third-order valence-corrected chi connectivity index (χ3v) is 2.13. The highest BCUT2D eigenvalue weighted by Gasteiger charge is 2.00. The summed E-state index contributed by atoms with van der Waals surface area (Å²) in [4.78, 5) is 17.8. The third-order valence-electron chi connectivity index (χ3n) is 1.28. The van der Waals surface area contributed by atoms with Gasteiger partial charge in [0.15, 0.2) is 5.16 Å². The van der Waals surface area contributed by atoms with Crippen LogP contribution >= 0.6 is 11.8 Å². The number of nitrogens with two attached hydrogens (primary N) is 2. The van der Waals surface area contributed by atoms with E-state index in [1.54, 1.807) is 0 Å². The summed E-state index contributed by atoms with van der Waals surface area (Å²) >= 11 is 1.17. The number of carboxylic acids is 1. The number of carbonyl (C=O) groups excluding carboxylic acids is 1. The van der Waals surface area contributed by atoms with Gasteiger partial charge in [-0.1, -0.05) is 11.8 Å². The summed E-state index contributed by atoms with van der Waals surface area (Å²) in [6, 6.07) is 1.43. The zero-order chi connectivity index (χ0) is 10.6. The number of aliphatic carboxylic acids is 1. The van der Waals surface area contributed by atoms with Gasteiger partial charge < -0.3 is 21.4 Å². The van der Waals surface area contributed by atoms with Crippen LogP contribution < -0.4 is 16.6 Å². The minimum absolute atomic E-state index is 0.0528. The Balaban J connectivity index is 2.54. The van der Waals surface area contributed by atoms with Gasteiger partial charge in [0.05, 0.1) is 0 Å². The Morgan fingerprint density at radius 2 is 2.00 bits per heavy atom. The Morgan fingerprint density at radius 1 is 1.43 bits per heavy atom. The molecule has 0 saturated heterocycles. The van der Waals surface area contributed by atoms with Crippen LogP contribution in [0.3, 0.4) is 0 Å². The maximum atomic E-state index is 10.1. The lowest BCUT2D eigenvalue weighted by atomic mass is 10.5. The van der Waals surface area contributed by atoms with Crippen molar-refractivity contribution in [3.8, 4) is 0 Å². The predicted octanol–water partition coefficient (Wildman–Crippen LogP) is -1.13. The van der Waals surface area contributed by atoms with E-state index in [4.69, 9.17) is 11.5 Å². The van der Waals surface area contributed by atoms with Crippen molar-refractivity contribution < 1.29 is 9.90 Å². The molecule has 0 aliphatic carbocycles. The Bertz CT molecular complexity index is 324. The monoisotopic (exact) mass is 213 g/mol. The van der Waals surface area contributed by atoms with Crippen LogP contribution in [0, 0.1) is 0 Å². The highest BCUT2D eigenvalue weighted by molar-refractivity contribution is 7.99. The van der Waals surface area contributed by atoms with Crippen molar-refractivity contribution in [2.75, 3.05) is 17.2 Å². The SMILES string of the molecule is Nc1cc(N)nc(SCCC(=O)[O-])n1. The van der Waals surface area contributed by atoms with Gasteiger partial charge in [0.1, 0.15) is 11.6 Å². The summed E-state index contributed by atoms with van der Waals surface area (Å²) in [5.74, 6) is -0.220. The Kier molecular flexibility index (Phi) is 3.52. The molecule has 0 aromatic carbocycles. The zero-order valence-electron chi connectivity index (χ0n) is 7.27. The number of thioether (sulfide) groups is 1. The number of carboxylic acid groups (broad SMARTS) is 1. The average Bonchev–Trinajstić information content (AvgIpc) is 2.01. The van der Waals surface area contributed by atoms with Crippen LogP contribution in [0.25, 0.3) is 0 Å². The molecule has 0 radical (unpaired) electrons. The number of carbonyl (C=O) groups is 1. The molecular weight excluding hydrogens is 204 g/mol. The number of aromatic nitrogens is 2. The van der Waals surface area contributed by atoms with Crippen molar-refractivity contribution in [1.29, 1.82) is 0 Å². The van der Waals surface area contributed by atoms with Crippen molar-refractivity contribution >= 4 is 29.4 Å². The quantitative estimate of drug-likeness (QED) is 0.480. The van der Waals surface area contributed by atoms with Gasteiger partial charge in [0.25, 0.3) is 0 Å². The first-order valence-corrected chi connectivity index (χ1v) is 4.79. The van der Waals surface area contributed by atoms with E-state index >= 15 is 0 Å². The first kappa shape index (κ1) is 10.6. The second-order valence-corrected chi connectivity index (χ2v) is 3.53. The summed E-state index contributed by atoms with van der Waals surface area (Å²) in [6.45, 7) is 0. The molecule has 1 rings (SSSR count). The Labute approximate surface area is 84.7 Å². The van der Waals surface area contributed by atoms with E-state index in [-0.39, 0.29) is 18.1 Å². The molecule has 1 aromatic rings. The van der Waals surface area contributed by atoms with Crippen LogP contribution in [0.1, 0.15) is 6.42 Å². The molecule has 6 nitrogen and oxygen atoms in total. The van der Waals surface area contributed by atoms with Gasteiger partial charge in [-0.25, -0.2) is 9.97 Å². The van der Waals surface area contributed by atoms with Crippen LogP contribution in [0.2, 0.25) is 0 Å². The molecule has 76 valence electrons. The van der Waals surface area contributed by atoms with E-state index < -0.39 is 5.97 Å². The van der Waals surface area contributed by atoms with E-state index in [2.05, 4.69) is 9.97 Å². The van der Waals surface area contributed by atoms with Crippen LogP contribution in [0.4, 0.5) is 11.6 Å². The summed E-state index contributed by atoms with van der Waals surface area (Å²) in [7, 11) is 0. The second kappa shape index (κ2) is 4.66. The number of nitrogens with zero attached hydrogens (tertiary/aromatic N) is 2. The fourth-order valence-electron chi connectivity index (χ4n) is 0.752. The number of hydrogen-bond donors (Lipinski definition) is 2. The summed E-state index contributed by atoms with van der Waals surface area (Å²) in [5, 5.41) is 10.5. The molecule has 0 fully saturated rings. The smallest absolute Gasteiger partial charge is 0.191 e. The van der Waals surface area contributed by atoms with Crippen molar-refractivity contribution in [3.05, 3.63) is 6.07 Å². The molecule has 0 atom stereocenters. The minimum Gasteiger partial charge on any atom is -0.550 e. The van der Waals surface area contributed by atoms with E-state index in [0.717, 1.165) is 0 Å². The normalized spacial score (nSPS) is 10.0. The molecule has 14 heavy (non-hydrogen) atoms. The molecule has 4 N–H and O–H groups in total. The summed E-state index contributed by atoms with van der Waals surface area (Å²) < 4.78 is 0. The lowest BCUT2D eigenvalue weighted by Gasteiger charge is -2.02. The van der Waals surface area contributed by atoms with Gasteiger partial charge in [-0.3, -0.25) is 0 Å². The lowest BCUT2D eigenvalue weighted by molar-refractivity contribution is -0.305. The topological polar surface area (TPSA) is 118 Å². The Hall–Kier alpha value is -1.50. The fraction of sp³-hybridized carbons (Fsp3) is 0.286. The van der Waals surface area contributed by atoms with E-state index in [1.807, 2.05) is 0 Å². The predicted molar refractivity (Wildman–Crippen MR) is 51.2 cm³/mol. The third kappa shape index (κ3) is 3.48. The molecule has 0 amide bonds. The van der Waals surface area contributed by atoms with Gasteiger partial charge >= 0.3 is 0 Å². The first-order chi connectivity index (χ1) is 6.58. The maximum absolute atomic E-state index is 10.1. The molecule has 0 unspecified atom stereocenters. The van der Waals surface area contributed by atoms with Gasteiger partial charge in [0.2, 0.25) is 0 Å². The molecule has 1 heterocycles. The molecule has 7 heteroatoms. The number of nitrogen functional groups attached to an aromatic ring is 2. The molecule has 0 aliphatic heterocycles. The zero-order valence-corrected chi connectivity index (χ0v) is 8.08. The molecule has 1 aromatic heterocycles. The van der Waals surface area contributed by atoms with Crippen LogP contribution in [0.5, 0.6) is 0 Å². The van der Waals surface area contributed by atoms with Crippen LogP contribution in [0.15, 0.2) is 11.2 Å². The average molecular weight is 213 g/mol. The van der Waals surface area contributed by atoms with Gasteiger partial charge in [-0.15, -0.1) is 0 Å². The lowest BCUT2D eigenvalue weighted by Crippen LogP contribution is -2.22. The fourth-order valence-corrected chi connectivity index (χ4v) is 1.54. The van der Waals surface area contributed by atoms with E-state index in [1.165, 1.54) is 17.8 Å². The largest absolute Gasteiger partial charge is 0.550 e. The number of anilines is 2. The maximum Gasteiger partial charge on any atom is 0.191 e. The highest BCUT2D eigenvalue weighted by atomic mass is 32.2. The summed E-state index contributed by atoms with van der Waals surface area (Å²) in [5.41, 5.74) is 10.8. The minimum atomic E-state index is -1.10. The standard InChI is InChI=1S/C7H10N4O2S/c8-4-3-5(9)11-7(10-4)14-2-1-6(12)13/h3H,1-2H2,(H,12,13)(H4,8,9,10,11)/p-1. The summed E-state index contributed by atoms with van der Waals surface area (Å²) in [6.07, 6.45) is -0.0528. The van der Waals surface area contributed by atoms with Crippen molar-refractivity contribution in [1.82, 2.24) is 9.97 Å². The van der Waals surface area contributed by atoms with Crippen LogP contribution in [-0.2, 0) is 4.79 Å².